The molecular weight excluding hydrogens is 291 g/mol. The van der Waals surface area contributed by atoms with E-state index in [0.29, 0.717) is 11.4 Å². The van der Waals surface area contributed by atoms with E-state index in [1.807, 2.05) is 18.4 Å². The lowest BCUT2D eigenvalue weighted by atomic mass is 10.2. The van der Waals surface area contributed by atoms with Crippen molar-refractivity contribution in [3.63, 3.8) is 0 Å². The first-order chi connectivity index (χ1) is 10.1. The van der Waals surface area contributed by atoms with E-state index in [1.165, 1.54) is 12.1 Å². The lowest BCUT2D eigenvalue weighted by Crippen LogP contribution is -2.20. The SMILES string of the molecule is CSc1ccc(OCC(=O)Nc2ccc(F)cc2N)cc1. The fourth-order valence-corrected chi connectivity index (χ4v) is 2.06. The molecule has 0 heterocycles. The van der Waals surface area contributed by atoms with Crippen molar-refractivity contribution >= 4 is 29.0 Å². The van der Waals surface area contributed by atoms with Crippen molar-refractivity contribution in [2.45, 2.75) is 4.90 Å². The molecule has 2 aromatic rings. The van der Waals surface area contributed by atoms with Crippen molar-refractivity contribution in [1.82, 2.24) is 0 Å². The third kappa shape index (κ3) is 4.39. The molecule has 2 aromatic carbocycles. The highest BCUT2D eigenvalue weighted by atomic mass is 32.2. The molecule has 6 heteroatoms. The minimum atomic E-state index is -0.448. The molecule has 0 spiro atoms. The van der Waals surface area contributed by atoms with Gasteiger partial charge in [0, 0.05) is 4.90 Å². The quantitative estimate of drug-likeness (QED) is 0.658. The Hall–Kier alpha value is -2.21. The predicted octanol–water partition coefficient (Wildman–Crippen LogP) is 3.15. The third-order valence-corrected chi connectivity index (χ3v) is 3.46. The van der Waals surface area contributed by atoms with E-state index in [1.54, 1.807) is 23.9 Å². The molecule has 0 saturated heterocycles. The van der Waals surface area contributed by atoms with Crippen LogP contribution in [0.25, 0.3) is 0 Å². The van der Waals surface area contributed by atoms with Gasteiger partial charge in [0.2, 0.25) is 0 Å². The molecular formula is C15H15FN2O2S. The maximum atomic E-state index is 12.9. The zero-order chi connectivity index (χ0) is 15.2. The average molecular weight is 306 g/mol. The number of benzene rings is 2. The summed E-state index contributed by atoms with van der Waals surface area (Å²) in [7, 11) is 0. The number of rotatable bonds is 5. The van der Waals surface area contributed by atoms with Crippen LogP contribution >= 0.6 is 11.8 Å². The summed E-state index contributed by atoms with van der Waals surface area (Å²) in [5.74, 6) is -0.201. The van der Waals surface area contributed by atoms with E-state index in [9.17, 15) is 9.18 Å². The molecule has 0 radical (unpaired) electrons. The molecule has 0 unspecified atom stereocenters. The molecule has 0 aliphatic rings. The zero-order valence-electron chi connectivity index (χ0n) is 11.4. The van der Waals surface area contributed by atoms with Gasteiger partial charge in [-0.15, -0.1) is 11.8 Å². The molecule has 0 aliphatic carbocycles. The molecule has 0 fully saturated rings. The van der Waals surface area contributed by atoms with Crippen molar-refractivity contribution in [2.75, 3.05) is 23.9 Å². The summed E-state index contributed by atoms with van der Waals surface area (Å²) in [6.45, 7) is -0.143. The van der Waals surface area contributed by atoms with Gasteiger partial charge in [-0.2, -0.15) is 0 Å². The molecule has 21 heavy (non-hydrogen) atoms. The van der Waals surface area contributed by atoms with E-state index in [2.05, 4.69) is 5.32 Å². The minimum Gasteiger partial charge on any atom is -0.484 e. The first kappa shape index (κ1) is 15.2. The Bertz CT molecular complexity index is 632. The molecule has 3 N–H and O–H groups in total. The van der Waals surface area contributed by atoms with Crippen LogP contribution in [0.2, 0.25) is 0 Å². The van der Waals surface area contributed by atoms with Gasteiger partial charge in [-0.25, -0.2) is 4.39 Å². The Morgan fingerprint density at radius 1 is 1.29 bits per heavy atom. The molecule has 4 nitrogen and oxygen atoms in total. The van der Waals surface area contributed by atoms with Gasteiger partial charge in [0.25, 0.3) is 5.91 Å². The summed E-state index contributed by atoms with van der Waals surface area (Å²) in [5.41, 5.74) is 6.15. The number of anilines is 2. The summed E-state index contributed by atoms with van der Waals surface area (Å²) in [6.07, 6.45) is 1.98. The van der Waals surface area contributed by atoms with Crippen LogP contribution < -0.4 is 15.8 Å². The van der Waals surface area contributed by atoms with E-state index >= 15 is 0 Å². The first-order valence-corrected chi connectivity index (χ1v) is 7.42. The fourth-order valence-electron chi connectivity index (χ4n) is 1.65. The highest BCUT2D eigenvalue weighted by Gasteiger charge is 2.07. The Morgan fingerprint density at radius 3 is 2.62 bits per heavy atom. The van der Waals surface area contributed by atoms with E-state index in [0.717, 1.165) is 11.0 Å². The molecule has 0 atom stereocenters. The molecule has 0 saturated carbocycles. The van der Waals surface area contributed by atoms with Gasteiger partial charge >= 0.3 is 0 Å². The van der Waals surface area contributed by atoms with Crippen molar-refractivity contribution < 1.29 is 13.9 Å². The summed E-state index contributed by atoms with van der Waals surface area (Å²) < 4.78 is 18.3. The molecule has 0 aromatic heterocycles. The Kier molecular flexibility index (Phi) is 5.05. The van der Waals surface area contributed by atoms with Crippen molar-refractivity contribution in [1.29, 1.82) is 0 Å². The maximum Gasteiger partial charge on any atom is 0.262 e. The summed E-state index contributed by atoms with van der Waals surface area (Å²) in [4.78, 5) is 12.9. The van der Waals surface area contributed by atoms with E-state index in [-0.39, 0.29) is 18.2 Å². The second kappa shape index (κ2) is 6.99. The van der Waals surface area contributed by atoms with E-state index in [4.69, 9.17) is 10.5 Å². The van der Waals surface area contributed by atoms with Crippen LogP contribution in [0.4, 0.5) is 15.8 Å². The van der Waals surface area contributed by atoms with Crippen LogP contribution in [0.1, 0.15) is 0 Å². The number of nitrogen functional groups attached to an aromatic ring is 1. The average Bonchev–Trinajstić information content (AvgIpc) is 2.48. The lowest BCUT2D eigenvalue weighted by Gasteiger charge is -2.09. The second-order valence-corrected chi connectivity index (χ2v) is 5.12. The molecule has 110 valence electrons. The number of carbonyl (C=O) groups is 1. The summed E-state index contributed by atoms with van der Waals surface area (Å²) in [5, 5.41) is 2.57. The van der Waals surface area contributed by atoms with Crippen LogP contribution in [-0.2, 0) is 4.79 Å². The van der Waals surface area contributed by atoms with Crippen molar-refractivity contribution in [3.8, 4) is 5.75 Å². The topological polar surface area (TPSA) is 64.3 Å². The normalized spacial score (nSPS) is 10.2. The third-order valence-electron chi connectivity index (χ3n) is 2.72. The zero-order valence-corrected chi connectivity index (χ0v) is 12.2. The highest BCUT2D eigenvalue weighted by Crippen LogP contribution is 2.20. The minimum absolute atomic E-state index is 0.143. The molecule has 0 bridgehead atoms. The number of nitrogens with one attached hydrogen (secondary N) is 1. The number of carbonyl (C=O) groups excluding carboxylic acids is 1. The number of thioether (sulfide) groups is 1. The Labute approximate surface area is 126 Å². The Balaban J connectivity index is 1.89. The van der Waals surface area contributed by atoms with Gasteiger partial charge in [0.1, 0.15) is 11.6 Å². The number of hydrogen-bond acceptors (Lipinski definition) is 4. The van der Waals surface area contributed by atoms with Crippen LogP contribution in [0.15, 0.2) is 47.4 Å². The van der Waals surface area contributed by atoms with Gasteiger partial charge < -0.3 is 15.8 Å². The van der Waals surface area contributed by atoms with Gasteiger partial charge in [-0.1, -0.05) is 0 Å². The smallest absolute Gasteiger partial charge is 0.262 e. The van der Waals surface area contributed by atoms with Crippen molar-refractivity contribution in [2.24, 2.45) is 0 Å². The highest BCUT2D eigenvalue weighted by molar-refractivity contribution is 7.98. The summed E-state index contributed by atoms with van der Waals surface area (Å²) in [6, 6.07) is 11.2. The second-order valence-electron chi connectivity index (χ2n) is 4.24. The maximum absolute atomic E-state index is 12.9. The van der Waals surface area contributed by atoms with Crippen molar-refractivity contribution in [3.05, 3.63) is 48.3 Å². The van der Waals surface area contributed by atoms with E-state index < -0.39 is 5.82 Å². The van der Waals surface area contributed by atoms with Crippen LogP contribution in [0.3, 0.4) is 0 Å². The number of hydrogen-bond donors (Lipinski definition) is 2. The van der Waals surface area contributed by atoms with Crippen LogP contribution in [-0.4, -0.2) is 18.8 Å². The molecule has 1 amide bonds. The fraction of sp³-hybridized carbons (Fsp3) is 0.133. The first-order valence-electron chi connectivity index (χ1n) is 6.20. The number of halogens is 1. The van der Waals surface area contributed by atoms with Crippen LogP contribution in [0.5, 0.6) is 5.75 Å². The molecule has 0 aliphatic heterocycles. The summed E-state index contributed by atoms with van der Waals surface area (Å²) >= 11 is 1.63. The number of nitrogens with two attached hydrogens (primary N) is 1. The predicted molar refractivity (Wildman–Crippen MR) is 83.2 cm³/mol. The standard InChI is InChI=1S/C15H15FN2O2S/c1-21-12-5-3-11(4-6-12)20-9-15(19)18-14-7-2-10(16)8-13(14)17/h2-8H,9,17H2,1H3,(H,18,19). The van der Waals surface area contributed by atoms with Gasteiger partial charge in [-0.3, -0.25) is 4.79 Å². The monoisotopic (exact) mass is 306 g/mol. The van der Waals surface area contributed by atoms with Crippen LogP contribution in [0, 0.1) is 5.82 Å². The van der Waals surface area contributed by atoms with Gasteiger partial charge in [-0.05, 0) is 48.7 Å². The molecule has 2 rings (SSSR count). The number of amides is 1. The largest absolute Gasteiger partial charge is 0.484 e. The van der Waals surface area contributed by atoms with Gasteiger partial charge in [0.15, 0.2) is 6.61 Å². The number of ether oxygens (including phenoxy) is 1. The van der Waals surface area contributed by atoms with Gasteiger partial charge in [0.05, 0.1) is 11.4 Å². The Morgan fingerprint density at radius 2 is 2.00 bits per heavy atom. The lowest BCUT2D eigenvalue weighted by molar-refractivity contribution is -0.118.